The summed E-state index contributed by atoms with van der Waals surface area (Å²) in [5.41, 5.74) is 2.33. The van der Waals surface area contributed by atoms with E-state index in [0.717, 1.165) is 11.3 Å². The maximum absolute atomic E-state index is 13.0. The zero-order chi connectivity index (χ0) is 13.1. The van der Waals surface area contributed by atoms with Gasteiger partial charge in [0.05, 0.1) is 21.8 Å². The largest absolute Gasteiger partial charge is 0.290 e. The van der Waals surface area contributed by atoms with E-state index in [1.165, 1.54) is 24.4 Å². The summed E-state index contributed by atoms with van der Waals surface area (Å²) in [5.74, 6) is -0.378. The van der Waals surface area contributed by atoms with Crippen molar-refractivity contribution in [1.82, 2.24) is 10.5 Å². The van der Waals surface area contributed by atoms with Crippen LogP contribution >= 0.6 is 34.5 Å². The summed E-state index contributed by atoms with van der Waals surface area (Å²) in [6, 6.07) is 3.97. The van der Waals surface area contributed by atoms with Gasteiger partial charge in [-0.3, -0.25) is 10.7 Å². The zero-order valence-corrected chi connectivity index (χ0v) is 11.0. The summed E-state index contributed by atoms with van der Waals surface area (Å²) >= 11 is 12.5. The number of hydrogen-bond donors (Lipinski definition) is 2. The first-order chi connectivity index (χ1) is 8.60. The highest BCUT2D eigenvalue weighted by atomic mass is 35.5. The number of thiazole rings is 1. The summed E-state index contributed by atoms with van der Waals surface area (Å²) in [5, 5.41) is 8.98. The highest BCUT2D eigenvalue weighted by Gasteiger charge is 2.08. The molecule has 0 atom stereocenters. The van der Waals surface area contributed by atoms with E-state index in [-0.39, 0.29) is 10.9 Å². The molecule has 0 saturated heterocycles. The number of nitrogens with one attached hydrogen (secondary N) is 1. The Morgan fingerprint density at radius 2 is 2.22 bits per heavy atom. The number of aromatic nitrogens is 1. The Kier molecular flexibility index (Phi) is 4.13. The number of hydroxylamine groups is 1. The first-order valence-corrected chi connectivity index (χ1v) is 6.23. The molecule has 1 aromatic heterocycles. The molecule has 2 rings (SSSR count). The van der Waals surface area contributed by atoms with Gasteiger partial charge < -0.3 is 0 Å². The van der Waals surface area contributed by atoms with Crippen LogP contribution in [0.25, 0.3) is 0 Å². The van der Waals surface area contributed by atoms with Crippen LogP contribution < -0.4 is 5.48 Å². The van der Waals surface area contributed by atoms with E-state index in [1.807, 2.05) is 5.48 Å². The summed E-state index contributed by atoms with van der Waals surface area (Å²) in [6.07, 6.45) is 1.46. The van der Waals surface area contributed by atoms with E-state index in [1.54, 1.807) is 0 Å². The third kappa shape index (κ3) is 2.97. The van der Waals surface area contributed by atoms with Crippen LogP contribution in [0.4, 0.5) is 10.1 Å². The molecule has 1 heterocycles. The fourth-order valence-corrected chi connectivity index (χ4v) is 2.23. The Bertz CT molecular complexity index is 603. The zero-order valence-electron chi connectivity index (χ0n) is 8.69. The number of benzene rings is 1. The number of hydrogen-bond acceptors (Lipinski definition) is 4. The van der Waals surface area contributed by atoms with Gasteiger partial charge in [-0.15, -0.1) is 0 Å². The van der Waals surface area contributed by atoms with E-state index in [2.05, 4.69) is 9.98 Å². The first-order valence-electron chi connectivity index (χ1n) is 4.65. The fraction of sp³-hybridized carbons (Fsp3) is 0. The Hall–Kier alpha value is -1.21. The van der Waals surface area contributed by atoms with E-state index < -0.39 is 5.82 Å². The quantitative estimate of drug-likeness (QED) is 0.506. The van der Waals surface area contributed by atoms with Crippen LogP contribution in [-0.4, -0.2) is 16.0 Å². The van der Waals surface area contributed by atoms with Gasteiger partial charge in [0.2, 0.25) is 0 Å². The summed E-state index contributed by atoms with van der Waals surface area (Å²) < 4.78 is 13.3. The smallest absolute Gasteiger partial charge is 0.184 e. The standard InChI is InChI=1S/C10H6Cl2FN3OS/c11-6-3-5(1-2-7(6)13)15-9(16-17)8-4-14-10(12)18-8/h1-4,17H,(H,15,16). The maximum Gasteiger partial charge on any atom is 0.184 e. The highest BCUT2D eigenvalue weighted by molar-refractivity contribution is 7.17. The van der Waals surface area contributed by atoms with Gasteiger partial charge in [0.1, 0.15) is 5.82 Å². The molecule has 2 N–H and O–H groups in total. The number of amidine groups is 1. The lowest BCUT2D eigenvalue weighted by Gasteiger charge is -2.02. The SMILES string of the molecule is ONC(=Nc1ccc(F)c(Cl)c1)c1cnc(Cl)s1. The van der Waals surface area contributed by atoms with Crippen LogP contribution in [0.2, 0.25) is 9.49 Å². The molecule has 94 valence electrons. The van der Waals surface area contributed by atoms with Gasteiger partial charge in [0.15, 0.2) is 10.3 Å². The van der Waals surface area contributed by atoms with Crippen LogP contribution in [0.3, 0.4) is 0 Å². The third-order valence-electron chi connectivity index (χ3n) is 1.96. The fourth-order valence-electron chi connectivity index (χ4n) is 1.18. The number of rotatable bonds is 2. The second-order valence-corrected chi connectivity index (χ2v) is 5.17. The topological polar surface area (TPSA) is 57.5 Å². The lowest BCUT2D eigenvalue weighted by Crippen LogP contribution is -2.18. The first kappa shape index (κ1) is 13.2. The number of halogens is 3. The number of aliphatic imine (C=N–C) groups is 1. The van der Waals surface area contributed by atoms with Gasteiger partial charge >= 0.3 is 0 Å². The Balaban J connectivity index is 2.37. The van der Waals surface area contributed by atoms with Crippen molar-refractivity contribution in [3.05, 3.63) is 44.6 Å². The molecule has 0 spiro atoms. The maximum atomic E-state index is 13.0. The van der Waals surface area contributed by atoms with Crippen molar-refractivity contribution in [2.75, 3.05) is 0 Å². The van der Waals surface area contributed by atoms with E-state index in [9.17, 15) is 4.39 Å². The summed E-state index contributed by atoms with van der Waals surface area (Å²) in [7, 11) is 0. The van der Waals surface area contributed by atoms with Crippen molar-refractivity contribution in [3.63, 3.8) is 0 Å². The van der Waals surface area contributed by atoms with Crippen LogP contribution in [0.15, 0.2) is 29.4 Å². The molecule has 0 aliphatic heterocycles. The van der Waals surface area contributed by atoms with Crippen molar-refractivity contribution < 1.29 is 9.60 Å². The predicted octanol–water partition coefficient (Wildman–Crippen LogP) is 3.65. The Labute approximate surface area is 116 Å². The molecule has 0 aliphatic carbocycles. The van der Waals surface area contributed by atoms with Crippen LogP contribution in [0, 0.1) is 5.82 Å². The van der Waals surface area contributed by atoms with Gasteiger partial charge in [-0.1, -0.05) is 34.5 Å². The van der Waals surface area contributed by atoms with E-state index >= 15 is 0 Å². The molecule has 1 aromatic carbocycles. The molecule has 0 aliphatic rings. The van der Waals surface area contributed by atoms with Crippen molar-refractivity contribution in [3.8, 4) is 0 Å². The van der Waals surface area contributed by atoms with E-state index in [0.29, 0.717) is 15.0 Å². The third-order valence-corrected chi connectivity index (χ3v) is 3.37. The second-order valence-electron chi connectivity index (χ2n) is 3.15. The molecular weight excluding hydrogens is 300 g/mol. The molecule has 4 nitrogen and oxygen atoms in total. The van der Waals surface area contributed by atoms with Crippen molar-refractivity contribution >= 4 is 46.1 Å². The summed E-state index contributed by atoms with van der Waals surface area (Å²) in [6.45, 7) is 0. The minimum absolute atomic E-state index is 0.0455. The molecule has 0 radical (unpaired) electrons. The molecule has 0 bridgehead atoms. The molecule has 0 amide bonds. The predicted molar refractivity (Wildman–Crippen MR) is 69.7 cm³/mol. The normalized spacial score (nSPS) is 11.7. The summed E-state index contributed by atoms with van der Waals surface area (Å²) in [4.78, 5) is 8.45. The molecule has 2 aromatic rings. The molecule has 0 unspecified atom stereocenters. The van der Waals surface area contributed by atoms with E-state index in [4.69, 9.17) is 28.4 Å². The van der Waals surface area contributed by atoms with Gasteiger partial charge in [-0.05, 0) is 18.2 Å². The van der Waals surface area contributed by atoms with Crippen LogP contribution in [-0.2, 0) is 0 Å². The minimum Gasteiger partial charge on any atom is -0.290 e. The lowest BCUT2D eigenvalue weighted by molar-refractivity contribution is 0.235. The lowest BCUT2D eigenvalue weighted by atomic mass is 10.3. The molecule has 18 heavy (non-hydrogen) atoms. The van der Waals surface area contributed by atoms with Gasteiger partial charge in [0.25, 0.3) is 0 Å². The Morgan fingerprint density at radius 3 is 2.78 bits per heavy atom. The monoisotopic (exact) mass is 305 g/mol. The second kappa shape index (κ2) is 5.62. The van der Waals surface area contributed by atoms with Gasteiger partial charge in [-0.25, -0.2) is 14.4 Å². The van der Waals surface area contributed by atoms with Crippen molar-refractivity contribution in [2.45, 2.75) is 0 Å². The highest BCUT2D eigenvalue weighted by Crippen LogP contribution is 2.23. The van der Waals surface area contributed by atoms with Crippen LogP contribution in [0.5, 0.6) is 0 Å². The van der Waals surface area contributed by atoms with Gasteiger partial charge in [0, 0.05) is 0 Å². The Morgan fingerprint density at radius 1 is 1.44 bits per heavy atom. The molecule has 0 saturated carbocycles. The van der Waals surface area contributed by atoms with Crippen molar-refractivity contribution in [2.24, 2.45) is 4.99 Å². The van der Waals surface area contributed by atoms with Crippen LogP contribution in [0.1, 0.15) is 4.88 Å². The minimum atomic E-state index is -0.532. The molecule has 8 heteroatoms. The number of nitrogens with zero attached hydrogens (tertiary/aromatic N) is 2. The van der Waals surface area contributed by atoms with Gasteiger partial charge in [-0.2, -0.15) is 0 Å². The van der Waals surface area contributed by atoms with Crippen molar-refractivity contribution in [1.29, 1.82) is 0 Å². The average molecular weight is 306 g/mol. The molecular formula is C10H6Cl2FN3OS. The average Bonchev–Trinajstić information content (AvgIpc) is 2.77. The molecule has 0 fully saturated rings.